The van der Waals surface area contributed by atoms with Crippen molar-refractivity contribution in [2.45, 2.75) is 38.2 Å². The molecule has 1 rings (SSSR count). The van der Waals surface area contributed by atoms with Crippen LogP contribution >= 0.6 is 11.6 Å². The van der Waals surface area contributed by atoms with Gasteiger partial charge in [-0.2, -0.15) is 0 Å². The molecule has 1 aromatic carbocycles. The second-order valence-corrected chi connectivity index (χ2v) is 7.62. The van der Waals surface area contributed by atoms with E-state index in [1.54, 1.807) is 24.3 Å². The number of rotatable bonds is 9. The lowest BCUT2D eigenvalue weighted by molar-refractivity contribution is 0.0530. The van der Waals surface area contributed by atoms with Crippen molar-refractivity contribution < 1.29 is 13.2 Å². The molecule has 0 unspecified atom stereocenters. The van der Waals surface area contributed by atoms with Crippen molar-refractivity contribution in [3.8, 4) is 0 Å². The van der Waals surface area contributed by atoms with Gasteiger partial charge in [0, 0.05) is 12.4 Å². The van der Waals surface area contributed by atoms with Crippen LogP contribution in [0.5, 0.6) is 0 Å². The maximum atomic E-state index is 12.2. The molecule has 120 valence electrons. The number of ether oxygens (including phenoxy) is 1. The maximum Gasteiger partial charge on any atom is 0.240 e. The number of aryl methyl sites for hydroxylation is 1. The molecule has 21 heavy (non-hydrogen) atoms. The molecule has 0 heterocycles. The molecule has 0 spiro atoms. The van der Waals surface area contributed by atoms with E-state index in [-0.39, 0.29) is 17.5 Å². The second kappa shape index (κ2) is 8.73. The van der Waals surface area contributed by atoms with E-state index in [1.165, 1.54) is 0 Å². The van der Waals surface area contributed by atoms with E-state index < -0.39 is 10.0 Å². The molecule has 0 radical (unpaired) electrons. The minimum atomic E-state index is -3.50. The van der Waals surface area contributed by atoms with Gasteiger partial charge in [-0.1, -0.05) is 31.5 Å². The standard InChI is InChI=1S/C15H24ClNO3S/c1-12(2)10-14(20-9-8-16)11-17-21(18,19)15-6-4-13(3)5-7-15/h4-7,12,14,17H,8-11H2,1-3H3/t14-/m0/s1. The summed E-state index contributed by atoms with van der Waals surface area (Å²) in [6, 6.07) is 6.78. The number of hydrogen-bond donors (Lipinski definition) is 1. The van der Waals surface area contributed by atoms with Gasteiger partial charge in [0.15, 0.2) is 0 Å². The highest BCUT2D eigenvalue weighted by molar-refractivity contribution is 7.89. The van der Waals surface area contributed by atoms with Gasteiger partial charge in [0.2, 0.25) is 10.0 Å². The summed E-state index contributed by atoms with van der Waals surface area (Å²) in [6.45, 7) is 6.75. The Bertz CT molecular complexity index is 514. The Hall–Kier alpha value is -0.620. The second-order valence-electron chi connectivity index (χ2n) is 5.48. The van der Waals surface area contributed by atoms with Crippen molar-refractivity contribution in [2.24, 2.45) is 5.92 Å². The van der Waals surface area contributed by atoms with Crippen LogP contribution in [0.1, 0.15) is 25.8 Å². The molecule has 0 amide bonds. The Labute approximate surface area is 132 Å². The lowest BCUT2D eigenvalue weighted by Gasteiger charge is -2.20. The van der Waals surface area contributed by atoms with E-state index in [9.17, 15) is 8.42 Å². The number of halogens is 1. The molecule has 1 aromatic rings. The lowest BCUT2D eigenvalue weighted by Crippen LogP contribution is -2.34. The zero-order valence-corrected chi connectivity index (χ0v) is 14.4. The summed E-state index contributed by atoms with van der Waals surface area (Å²) < 4.78 is 32.6. The average molecular weight is 334 g/mol. The first kappa shape index (κ1) is 18.4. The van der Waals surface area contributed by atoms with Crippen molar-refractivity contribution in [1.82, 2.24) is 4.72 Å². The van der Waals surface area contributed by atoms with E-state index in [0.29, 0.717) is 18.4 Å². The minimum Gasteiger partial charge on any atom is -0.376 e. The van der Waals surface area contributed by atoms with Crippen molar-refractivity contribution >= 4 is 21.6 Å². The van der Waals surface area contributed by atoms with Crippen molar-refractivity contribution in [3.63, 3.8) is 0 Å². The monoisotopic (exact) mass is 333 g/mol. The Morgan fingerprint density at radius 2 is 1.86 bits per heavy atom. The maximum absolute atomic E-state index is 12.2. The molecule has 0 aliphatic heterocycles. The molecule has 0 bridgehead atoms. The molecule has 0 fully saturated rings. The molecule has 1 N–H and O–H groups in total. The third kappa shape index (κ3) is 6.78. The molecular weight excluding hydrogens is 310 g/mol. The van der Waals surface area contributed by atoms with Gasteiger partial charge in [-0.15, -0.1) is 11.6 Å². The SMILES string of the molecule is Cc1ccc(S(=O)(=O)NC[C@H](CC(C)C)OCCCl)cc1. The van der Waals surface area contributed by atoms with Crippen molar-refractivity contribution in [3.05, 3.63) is 29.8 Å². The van der Waals surface area contributed by atoms with Crippen LogP contribution < -0.4 is 4.72 Å². The third-order valence-electron chi connectivity index (χ3n) is 3.00. The number of nitrogens with one attached hydrogen (secondary N) is 1. The van der Waals surface area contributed by atoms with E-state index in [4.69, 9.17) is 16.3 Å². The fourth-order valence-electron chi connectivity index (χ4n) is 1.95. The van der Waals surface area contributed by atoms with E-state index in [1.807, 2.05) is 6.92 Å². The van der Waals surface area contributed by atoms with Crippen LogP contribution in [0.15, 0.2) is 29.2 Å². The number of sulfonamides is 1. The van der Waals surface area contributed by atoms with Gasteiger partial charge in [-0.25, -0.2) is 13.1 Å². The summed E-state index contributed by atoms with van der Waals surface area (Å²) >= 11 is 5.62. The number of alkyl halides is 1. The molecule has 0 saturated heterocycles. The van der Waals surface area contributed by atoms with Crippen LogP contribution in [0.3, 0.4) is 0 Å². The Kier molecular flexibility index (Phi) is 7.66. The van der Waals surface area contributed by atoms with Gasteiger partial charge >= 0.3 is 0 Å². The van der Waals surface area contributed by atoms with Gasteiger partial charge in [0.25, 0.3) is 0 Å². The number of hydrogen-bond acceptors (Lipinski definition) is 3. The van der Waals surface area contributed by atoms with Crippen LogP contribution in [-0.4, -0.2) is 33.6 Å². The summed E-state index contributed by atoms with van der Waals surface area (Å²) in [7, 11) is -3.50. The highest BCUT2D eigenvalue weighted by atomic mass is 35.5. The fourth-order valence-corrected chi connectivity index (χ4v) is 3.11. The molecule has 0 aliphatic carbocycles. The third-order valence-corrected chi connectivity index (χ3v) is 4.59. The van der Waals surface area contributed by atoms with Crippen LogP contribution in [-0.2, 0) is 14.8 Å². The molecule has 1 atom stereocenters. The average Bonchev–Trinajstić information content (AvgIpc) is 2.42. The van der Waals surface area contributed by atoms with Crippen molar-refractivity contribution in [1.29, 1.82) is 0 Å². The molecular formula is C15H24ClNO3S. The van der Waals surface area contributed by atoms with Crippen LogP contribution in [0.25, 0.3) is 0 Å². The van der Waals surface area contributed by atoms with Gasteiger partial charge < -0.3 is 4.74 Å². The topological polar surface area (TPSA) is 55.4 Å². The van der Waals surface area contributed by atoms with E-state index in [2.05, 4.69) is 18.6 Å². The first-order valence-corrected chi connectivity index (χ1v) is 9.11. The normalized spacial score (nSPS) is 13.6. The zero-order chi connectivity index (χ0) is 15.9. The largest absolute Gasteiger partial charge is 0.376 e. The van der Waals surface area contributed by atoms with Crippen molar-refractivity contribution in [2.75, 3.05) is 19.0 Å². The first-order valence-electron chi connectivity index (χ1n) is 7.09. The first-order chi connectivity index (χ1) is 9.85. The Balaban J connectivity index is 2.66. The highest BCUT2D eigenvalue weighted by Gasteiger charge is 2.18. The number of benzene rings is 1. The predicted molar refractivity (Wildman–Crippen MR) is 86.3 cm³/mol. The molecule has 4 nitrogen and oxygen atoms in total. The van der Waals surface area contributed by atoms with Gasteiger partial charge in [0.05, 0.1) is 17.6 Å². The molecule has 0 saturated carbocycles. The highest BCUT2D eigenvalue weighted by Crippen LogP contribution is 2.12. The summed E-state index contributed by atoms with van der Waals surface area (Å²) in [6.07, 6.45) is 0.622. The minimum absolute atomic E-state index is 0.163. The van der Waals surface area contributed by atoms with Gasteiger partial charge in [-0.3, -0.25) is 0 Å². The summed E-state index contributed by atoms with van der Waals surface area (Å²) in [4.78, 5) is 0.272. The van der Waals surface area contributed by atoms with Crippen LogP contribution in [0.2, 0.25) is 0 Å². The quantitative estimate of drug-likeness (QED) is 0.707. The van der Waals surface area contributed by atoms with Crippen LogP contribution in [0.4, 0.5) is 0 Å². The van der Waals surface area contributed by atoms with Crippen LogP contribution in [0, 0.1) is 12.8 Å². The molecule has 0 aromatic heterocycles. The van der Waals surface area contributed by atoms with Gasteiger partial charge in [0.1, 0.15) is 0 Å². The summed E-state index contributed by atoms with van der Waals surface area (Å²) in [5.41, 5.74) is 1.03. The lowest BCUT2D eigenvalue weighted by atomic mass is 10.1. The summed E-state index contributed by atoms with van der Waals surface area (Å²) in [5.74, 6) is 0.827. The summed E-state index contributed by atoms with van der Waals surface area (Å²) in [5, 5.41) is 0. The molecule has 0 aliphatic rings. The Morgan fingerprint density at radius 3 is 2.38 bits per heavy atom. The smallest absolute Gasteiger partial charge is 0.240 e. The zero-order valence-electron chi connectivity index (χ0n) is 12.8. The van der Waals surface area contributed by atoms with E-state index in [0.717, 1.165) is 12.0 Å². The predicted octanol–water partition coefficient (Wildman–Crippen LogP) is 2.94. The fraction of sp³-hybridized carbons (Fsp3) is 0.600. The molecule has 6 heteroatoms. The van der Waals surface area contributed by atoms with Gasteiger partial charge in [-0.05, 0) is 31.4 Å². The van der Waals surface area contributed by atoms with E-state index >= 15 is 0 Å². The Morgan fingerprint density at radius 1 is 1.24 bits per heavy atom.